The van der Waals surface area contributed by atoms with E-state index in [9.17, 15) is 23.6 Å². The van der Waals surface area contributed by atoms with Gasteiger partial charge in [-0.3, -0.25) is 24.5 Å². The molecule has 2 N–H and O–H groups in total. The van der Waals surface area contributed by atoms with Crippen LogP contribution in [0.2, 0.25) is 0 Å². The Kier molecular flexibility index (Phi) is 5.57. The van der Waals surface area contributed by atoms with Crippen molar-refractivity contribution < 1.29 is 28.0 Å². The highest BCUT2D eigenvalue weighted by atomic mass is 19.1. The van der Waals surface area contributed by atoms with Crippen LogP contribution in [0.4, 0.5) is 8.78 Å². The molecule has 3 aliphatic rings. The van der Waals surface area contributed by atoms with E-state index in [1.165, 1.54) is 12.1 Å². The molecule has 0 bridgehead atoms. The fraction of sp³-hybridized carbons (Fsp3) is 0.318. The van der Waals surface area contributed by atoms with Crippen LogP contribution in [0.5, 0.6) is 0 Å². The summed E-state index contributed by atoms with van der Waals surface area (Å²) in [6.07, 6.45) is 5.48. The van der Waals surface area contributed by atoms with Crippen molar-refractivity contribution in [3.8, 4) is 11.8 Å². The van der Waals surface area contributed by atoms with Crippen molar-refractivity contribution >= 4 is 23.6 Å². The van der Waals surface area contributed by atoms with Crippen LogP contribution in [0.25, 0.3) is 0 Å². The second kappa shape index (κ2) is 8.34. The van der Waals surface area contributed by atoms with E-state index in [0.717, 1.165) is 11.1 Å². The molecule has 1 aromatic rings. The van der Waals surface area contributed by atoms with E-state index in [2.05, 4.69) is 22.1 Å². The summed E-state index contributed by atoms with van der Waals surface area (Å²) in [6.45, 7) is 0.119. The topological polar surface area (TPSA) is 108 Å². The number of nitrogens with one attached hydrogen (secondary N) is 2. The lowest BCUT2D eigenvalue weighted by Crippen LogP contribution is -2.61. The van der Waals surface area contributed by atoms with Gasteiger partial charge in [0.2, 0.25) is 11.8 Å². The van der Waals surface area contributed by atoms with Crippen LogP contribution in [0.15, 0.2) is 42.1 Å². The first-order valence-electron chi connectivity index (χ1n) is 9.91. The molecule has 8 nitrogen and oxygen atoms in total. The summed E-state index contributed by atoms with van der Waals surface area (Å²) in [5.41, 5.74) is 0.950. The second-order valence-corrected chi connectivity index (χ2v) is 7.67. The van der Waals surface area contributed by atoms with Crippen molar-refractivity contribution in [1.29, 1.82) is 0 Å². The van der Waals surface area contributed by atoms with Gasteiger partial charge in [-0.15, -0.1) is 0 Å². The molecule has 10 heteroatoms. The number of hydrogen-bond acceptors (Lipinski definition) is 5. The summed E-state index contributed by atoms with van der Waals surface area (Å²) in [5, 5.41) is 4.56. The molecular weight excluding hydrogens is 422 g/mol. The maximum absolute atomic E-state index is 15.3. The Labute approximate surface area is 181 Å². The maximum atomic E-state index is 15.3. The molecule has 2 aliphatic heterocycles. The Bertz CT molecular complexity index is 1120. The number of carbonyl (C=O) groups excluding carboxylic acids is 4. The number of rotatable bonds is 3. The molecular formula is C22H18F2N4O4. The van der Waals surface area contributed by atoms with E-state index in [1.807, 2.05) is 5.32 Å². The standard InChI is InChI=1S/C22H18F2N4O4/c23-15-2-3-16(25-11-15)4-6-18(29)26-10-13-1-5-17-14(9-13)12-28(20(17)31)22(24)8-7-19(30)27-21(22)32/h1-3,5,9,11,14,17H,7-8,10,12H2,(H,26,29)(H,27,30,32). The number of fused-ring (bicyclic) bond motifs is 1. The fourth-order valence-corrected chi connectivity index (χ4v) is 3.89. The Morgan fingerprint density at radius 3 is 2.88 bits per heavy atom. The van der Waals surface area contributed by atoms with Crippen LogP contribution in [-0.4, -0.2) is 52.4 Å². The van der Waals surface area contributed by atoms with Crippen LogP contribution < -0.4 is 10.6 Å². The number of likely N-dealkylation sites (tertiary alicyclic amines) is 1. The summed E-state index contributed by atoms with van der Waals surface area (Å²) in [5.74, 6) is -1.93. The van der Waals surface area contributed by atoms with Gasteiger partial charge in [-0.1, -0.05) is 18.2 Å². The average molecular weight is 440 g/mol. The minimum Gasteiger partial charge on any atom is -0.341 e. The molecule has 0 aromatic carbocycles. The van der Waals surface area contributed by atoms with Gasteiger partial charge in [0.25, 0.3) is 17.6 Å². The maximum Gasteiger partial charge on any atom is 0.296 e. The summed E-state index contributed by atoms with van der Waals surface area (Å²) in [6, 6.07) is 2.54. The van der Waals surface area contributed by atoms with Crippen LogP contribution in [0.3, 0.4) is 0 Å². The Morgan fingerprint density at radius 1 is 1.34 bits per heavy atom. The van der Waals surface area contributed by atoms with E-state index in [1.54, 1.807) is 18.2 Å². The van der Waals surface area contributed by atoms with Gasteiger partial charge in [-0.2, -0.15) is 0 Å². The molecule has 1 aliphatic carbocycles. The number of aromatic nitrogens is 1. The molecule has 4 rings (SSSR count). The van der Waals surface area contributed by atoms with Gasteiger partial charge < -0.3 is 10.2 Å². The number of nitrogens with zero attached hydrogens (tertiary/aromatic N) is 2. The van der Waals surface area contributed by atoms with Gasteiger partial charge in [0.15, 0.2) is 0 Å². The molecule has 3 atom stereocenters. The van der Waals surface area contributed by atoms with Crippen molar-refractivity contribution in [2.75, 3.05) is 13.1 Å². The van der Waals surface area contributed by atoms with Crippen molar-refractivity contribution in [2.24, 2.45) is 11.8 Å². The zero-order valence-corrected chi connectivity index (χ0v) is 16.7. The molecule has 1 aromatic heterocycles. The van der Waals surface area contributed by atoms with Gasteiger partial charge in [0, 0.05) is 37.8 Å². The van der Waals surface area contributed by atoms with Gasteiger partial charge in [-0.05, 0) is 23.6 Å². The Hall–Kier alpha value is -3.87. The average Bonchev–Trinajstić information content (AvgIpc) is 3.11. The lowest BCUT2D eigenvalue weighted by molar-refractivity contribution is -0.165. The van der Waals surface area contributed by atoms with Crippen LogP contribution in [-0.2, 0) is 19.2 Å². The monoisotopic (exact) mass is 440 g/mol. The van der Waals surface area contributed by atoms with E-state index >= 15 is 4.39 Å². The van der Waals surface area contributed by atoms with Gasteiger partial charge >= 0.3 is 0 Å². The molecule has 164 valence electrons. The SMILES string of the molecule is O=C(C#Cc1ccc(F)cn1)NCC1=CC2CN(C3(F)CCC(=O)NC3=O)C(=O)C2C=C1. The third-order valence-corrected chi connectivity index (χ3v) is 5.55. The normalized spacial score (nSPS) is 26.6. The minimum atomic E-state index is -2.55. The third kappa shape index (κ3) is 4.14. The first kappa shape index (κ1) is 21.4. The van der Waals surface area contributed by atoms with Crippen molar-refractivity contribution in [3.05, 3.63) is 53.6 Å². The van der Waals surface area contributed by atoms with E-state index < -0.39 is 41.2 Å². The molecule has 4 amide bonds. The van der Waals surface area contributed by atoms with Gasteiger partial charge in [-0.25, -0.2) is 13.8 Å². The number of amides is 4. The quantitative estimate of drug-likeness (QED) is 0.401. The highest BCUT2D eigenvalue weighted by molar-refractivity contribution is 6.04. The molecule has 0 radical (unpaired) electrons. The number of imide groups is 1. The minimum absolute atomic E-state index is 0.0144. The molecule has 0 spiro atoms. The highest BCUT2D eigenvalue weighted by Gasteiger charge is 2.55. The zero-order chi connectivity index (χ0) is 22.9. The smallest absolute Gasteiger partial charge is 0.296 e. The number of halogens is 2. The molecule has 32 heavy (non-hydrogen) atoms. The number of piperidine rings is 1. The van der Waals surface area contributed by atoms with E-state index in [0.29, 0.717) is 5.57 Å². The lowest BCUT2D eigenvalue weighted by atomic mass is 9.88. The molecule has 2 saturated heterocycles. The first-order valence-corrected chi connectivity index (χ1v) is 9.91. The van der Waals surface area contributed by atoms with Crippen molar-refractivity contribution in [3.63, 3.8) is 0 Å². The van der Waals surface area contributed by atoms with E-state index in [4.69, 9.17) is 0 Å². The largest absolute Gasteiger partial charge is 0.341 e. The van der Waals surface area contributed by atoms with Crippen LogP contribution >= 0.6 is 0 Å². The summed E-state index contributed by atoms with van der Waals surface area (Å²) >= 11 is 0. The Morgan fingerprint density at radius 2 is 2.16 bits per heavy atom. The third-order valence-electron chi connectivity index (χ3n) is 5.55. The summed E-state index contributed by atoms with van der Waals surface area (Å²) in [7, 11) is 0. The number of alkyl halides is 1. The van der Waals surface area contributed by atoms with E-state index in [-0.39, 0.29) is 37.5 Å². The molecule has 0 saturated carbocycles. The predicted molar refractivity (Wildman–Crippen MR) is 106 cm³/mol. The van der Waals surface area contributed by atoms with Crippen molar-refractivity contribution in [1.82, 2.24) is 20.5 Å². The van der Waals surface area contributed by atoms with Gasteiger partial charge in [0.05, 0.1) is 12.1 Å². The van der Waals surface area contributed by atoms with Crippen molar-refractivity contribution in [2.45, 2.75) is 18.6 Å². The summed E-state index contributed by atoms with van der Waals surface area (Å²) < 4.78 is 28.2. The highest BCUT2D eigenvalue weighted by Crippen LogP contribution is 2.39. The lowest BCUT2D eigenvalue weighted by Gasteiger charge is -2.35. The van der Waals surface area contributed by atoms with Gasteiger partial charge in [0.1, 0.15) is 11.5 Å². The Balaban J connectivity index is 1.38. The van der Waals surface area contributed by atoms with Crippen LogP contribution in [0.1, 0.15) is 18.5 Å². The predicted octanol–water partition coefficient (Wildman–Crippen LogP) is 0.362. The number of pyridine rings is 1. The first-order chi connectivity index (χ1) is 15.3. The second-order valence-electron chi connectivity index (χ2n) is 7.67. The number of hydrogen-bond donors (Lipinski definition) is 2. The number of carbonyl (C=O) groups is 4. The molecule has 2 fully saturated rings. The van der Waals surface area contributed by atoms with Crippen LogP contribution in [0, 0.1) is 29.5 Å². The summed E-state index contributed by atoms with van der Waals surface area (Å²) in [4.78, 5) is 52.7. The zero-order valence-electron chi connectivity index (χ0n) is 16.7. The molecule has 3 unspecified atom stereocenters. The molecule has 3 heterocycles. The fourth-order valence-electron chi connectivity index (χ4n) is 3.89.